The summed E-state index contributed by atoms with van der Waals surface area (Å²) >= 11 is 0. The van der Waals surface area contributed by atoms with Gasteiger partial charge in [0.15, 0.2) is 0 Å². The van der Waals surface area contributed by atoms with Gasteiger partial charge in [-0.15, -0.1) is 0 Å². The molecule has 0 saturated heterocycles. The molecule has 22 heavy (non-hydrogen) atoms. The Kier molecular flexibility index (Phi) is 5.89. The molecule has 0 bridgehead atoms. The fraction of sp³-hybridized carbons (Fsp3) is 0.353. The molecule has 2 aromatic rings. The molecule has 0 radical (unpaired) electrons. The summed E-state index contributed by atoms with van der Waals surface area (Å²) < 4.78 is 0. The molecule has 2 rings (SSSR count). The van der Waals surface area contributed by atoms with Gasteiger partial charge in [-0.25, -0.2) is 9.97 Å². The molecule has 0 spiro atoms. The first-order chi connectivity index (χ1) is 10.6. The van der Waals surface area contributed by atoms with Crippen molar-refractivity contribution in [1.82, 2.24) is 15.3 Å². The molecule has 0 aliphatic heterocycles. The molecular formula is C17H22N4O. The Morgan fingerprint density at radius 3 is 2.45 bits per heavy atom. The number of rotatable bonds is 7. The molecular weight excluding hydrogens is 276 g/mol. The Bertz CT molecular complexity index is 581. The zero-order chi connectivity index (χ0) is 15.8. The Balaban J connectivity index is 1.83. The van der Waals surface area contributed by atoms with E-state index in [4.69, 9.17) is 0 Å². The lowest BCUT2D eigenvalue weighted by Gasteiger charge is -2.08. The number of amides is 1. The average Bonchev–Trinajstić information content (AvgIpc) is 2.54. The molecule has 0 atom stereocenters. The molecule has 116 valence electrons. The molecule has 2 N–H and O–H groups in total. The predicted molar refractivity (Wildman–Crippen MR) is 87.6 cm³/mol. The maximum Gasteiger partial charge on any atom is 0.254 e. The molecule has 1 amide bonds. The van der Waals surface area contributed by atoms with Gasteiger partial charge in [0.2, 0.25) is 5.95 Å². The zero-order valence-corrected chi connectivity index (χ0v) is 13.0. The van der Waals surface area contributed by atoms with Gasteiger partial charge in [-0.05, 0) is 17.9 Å². The zero-order valence-electron chi connectivity index (χ0n) is 13.0. The number of carbonyl (C=O) groups is 1. The number of hydrogen-bond acceptors (Lipinski definition) is 4. The quantitative estimate of drug-likeness (QED) is 0.825. The summed E-state index contributed by atoms with van der Waals surface area (Å²) in [5, 5.41) is 6.00. The van der Waals surface area contributed by atoms with Crippen molar-refractivity contribution in [3.63, 3.8) is 0 Å². The van der Waals surface area contributed by atoms with Crippen LogP contribution in [-0.2, 0) is 6.54 Å². The summed E-state index contributed by atoms with van der Waals surface area (Å²) in [5.41, 5.74) is 1.52. The average molecular weight is 298 g/mol. The van der Waals surface area contributed by atoms with E-state index in [2.05, 4.69) is 34.4 Å². The van der Waals surface area contributed by atoms with Gasteiger partial charge in [0.1, 0.15) is 0 Å². The SMILES string of the molecule is CC(C)CCNc1ncc(C(=O)NCc2ccccc2)cn1. The minimum Gasteiger partial charge on any atom is -0.354 e. The van der Waals surface area contributed by atoms with E-state index in [0.29, 0.717) is 24.0 Å². The predicted octanol–water partition coefficient (Wildman–Crippen LogP) is 2.86. The van der Waals surface area contributed by atoms with E-state index < -0.39 is 0 Å². The number of anilines is 1. The Hall–Kier alpha value is -2.43. The van der Waals surface area contributed by atoms with Crippen LogP contribution in [0.25, 0.3) is 0 Å². The summed E-state index contributed by atoms with van der Waals surface area (Å²) in [6.07, 6.45) is 4.15. The highest BCUT2D eigenvalue weighted by Gasteiger charge is 2.07. The van der Waals surface area contributed by atoms with Crippen LogP contribution in [0.5, 0.6) is 0 Å². The number of benzene rings is 1. The van der Waals surface area contributed by atoms with E-state index in [1.165, 1.54) is 0 Å². The van der Waals surface area contributed by atoms with E-state index in [1.807, 2.05) is 30.3 Å². The standard InChI is InChI=1S/C17H22N4O/c1-13(2)8-9-18-17-20-11-15(12-21-17)16(22)19-10-14-6-4-3-5-7-14/h3-7,11-13H,8-10H2,1-2H3,(H,19,22)(H,18,20,21). The lowest BCUT2D eigenvalue weighted by atomic mass is 10.1. The second-order valence-corrected chi connectivity index (χ2v) is 5.57. The smallest absolute Gasteiger partial charge is 0.254 e. The first-order valence-electron chi connectivity index (χ1n) is 7.53. The van der Waals surface area contributed by atoms with Crippen LogP contribution in [0.3, 0.4) is 0 Å². The Morgan fingerprint density at radius 2 is 1.82 bits per heavy atom. The lowest BCUT2D eigenvalue weighted by Crippen LogP contribution is -2.23. The topological polar surface area (TPSA) is 66.9 Å². The monoisotopic (exact) mass is 298 g/mol. The molecule has 5 heteroatoms. The number of nitrogens with zero attached hydrogens (tertiary/aromatic N) is 2. The van der Waals surface area contributed by atoms with E-state index in [9.17, 15) is 4.79 Å². The molecule has 0 unspecified atom stereocenters. The van der Waals surface area contributed by atoms with Crippen LogP contribution in [0.15, 0.2) is 42.7 Å². The highest BCUT2D eigenvalue weighted by Crippen LogP contribution is 2.04. The molecule has 1 aromatic heterocycles. The Labute approximate surface area is 131 Å². The van der Waals surface area contributed by atoms with Crippen LogP contribution in [0, 0.1) is 5.92 Å². The van der Waals surface area contributed by atoms with Gasteiger partial charge in [0.25, 0.3) is 5.91 Å². The van der Waals surface area contributed by atoms with Gasteiger partial charge in [-0.1, -0.05) is 44.2 Å². The van der Waals surface area contributed by atoms with Crippen molar-refractivity contribution >= 4 is 11.9 Å². The molecule has 0 aliphatic carbocycles. The van der Waals surface area contributed by atoms with Gasteiger partial charge < -0.3 is 10.6 Å². The minimum absolute atomic E-state index is 0.169. The van der Waals surface area contributed by atoms with Gasteiger partial charge >= 0.3 is 0 Å². The van der Waals surface area contributed by atoms with Crippen LogP contribution in [0.2, 0.25) is 0 Å². The number of aromatic nitrogens is 2. The number of carbonyl (C=O) groups excluding carboxylic acids is 1. The third-order valence-electron chi connectivity index (χ3n) is 3.21. The molecule has 1 aromatic carbocycles. The van der Waals surface area contributed by atoms with Crippen LogP contribution in [0.4, 0.5) is 5.95 Å². The molecule has 0 fully saturated rings. The highest BCUT2D eigenvalue weighted by atomic mass is 16.1. The van der Waals surface area contributed by atoms with Crippen molar-refractivity contribution in [2.24, 2.45) is 5.92 Å². The fourth-order valence-corrected chi connectivity index (χ4v) is 1.89. The maximum absolute atomic E-state index is 12.0. The summed E-state index contributed by atoms with van der Waals surface area (Å²) in [7, 11) is 0. The van der Waals surface area contributed by atoms with Crippen molar-refractivity contribution in [3.05, 3.63) is 53.9 Å². The van der Waals surface area contributed by atoms with Crippen LogP contribution >= 0.6 is 0 Å². The summed E-state index contributed by atoms with van der Waals surface area (Å²) in [4.78, 5) is 20.4. The van der Waals surface area contributed by atoms with Gasteiger partial charge in [0.05, 0.1) is 5.56 Å². The number of nitrogens with one attached hydrogen (secondary N) is 2. The highest BCUT2D eigenvalue weighted by molar-refractivity contribution is 5.93. The van der Waals surface area contributed by atoms with Gasteiger partial charge in [-0.3, -0.25) is 4.79 Å². The van der Waals surface area contributed by atoms with Crippen LogP contribution in [-0.4, -0.2) is 22.4 Å². The summed E-state index contributed by atoms with van der Waals surface area (Å²) in [6, 6.07) is 9.78. The Morgan fingerprint density at radius 1 is 1.14 bits per heavy atom. The van der Waals surface area contributed by atoms with Gasteiger partial charge in [0, 0.05) is 25.5 Å². The first-order valence-corrected chi connectivity index (χ1v) is 7.53. The lowest BCUT2D eigenvalue weighted by molar-refractivity contribution is 0.0950. The number of hydrogen-bond donors (Lipinski definition) is 2. The third-order valence-corrected chi connectivity index (χ3v) is 3.21. The summed E-state index contributed by atoms with van der Waals surface area (Å²) in [5.74, 6) is 1.02. The van der Waals surface area contributed by atoms with E-state index >= 15 is 0 Å². The van der Waals surface area contributed by atoms with E-state index in [-0.39, 0.29) is 5.91 Å². The minimum atomic E-state index is -0.169. The normalized spacial score (nSPS) is 10.5. The van der Waals surface area contributed by atoms with Crippen molar-refractivity contribution in [3.8, 4) is 0 Å². The second-order valence-electron chi connectivity index (χ2n) is 5.57. The van der Waals surface area contributed by atoms with Crippen LogP contribution in [0.1, 0.15) is 36.2 Å². The van der Waals surface area contributed by atoms with E-state index in [0.717, 1.165) is 18.5 Å². The van der Waals surface area contributed by atoms with Crippen molar-refractivity contribution in [2.45, 2.75) is 26.8 Å². The van der Waals surface area contributed by atoms with E-state index in [1.54, 1.807) is 12.4 Å². The molecule has 5 nitrogen and oxygen atoms in total. The first kappa shape index (κ1) is 15.9. The fourth-order valence-electron chi connectivity index (χ4n) is 1.89. The van der Waals surface area contributed by atoms with Crippen molar-refractivity contribution < 1.29 is 4.79 Å². The van der Waals surface area contributed by atoms with Crippen LogP contribution < -0.4 is 10.6 Å². The third kappa shape index (κ3) is 5.16. The molecule has 0 aliphatic rings. The van der Waals surface area contributed by atoms with Crippen molar-refractivity contribution in [2.75, 3.05) is 11.9 Å². The van der Waals surface area contributed by atoms with Gasteiger partial charge in [-0.2, -0.15) is 0 Å². The largest absolute Gasteiger partial charge is 0.354 e. The summed E-state index contributed by atoms with van der Waals surface area (Å²) in [6.45, 7) is 5.66. The van der Waals surface area contributed by atoms with Crippen molar-refractivity contribution in [1.29, 1.82) is 0 Å². The second kappa shape index (κ2) is 8.12. The molecule has 0 saturated carbocycles. The molecule has 1 heterocycles. The maximum atomic E-state index is 12.0.